The van der Waals surface area contributed by atoms with Gasteiger partial charge in [-0.1, -0.05) is 25.6 Å². The van der Waals surface area contributed by atoms with Crippen molar-refractivity contribution in [1.82, 2.24) is 5.32 Å². The Bertz CT molecular complexity index is 265. The Hall–Kier alpha value is -0.710. The summed E-state index contributed by atoms with van der Waals surface area (Å²) in [5.41, 5.74) is 5.12. The highest BCUT2D eigenvalue weighted by Crippen LogP contribution is 2.22. The summed E-state index contributed by atoms with van der Waals surface area (Å²) in [6.07, 6.45) is 0.353. The minimum atomic E-state index is -0.279. The van der Waals surface area contributed by atoms with Crippen LogP contribution in [0.1, 0.15) is 27.2 Å². The minimum absolute atomic E-state index is 0.0691. The molecular formula is C10H19N3OS. The number of amides is 1. The summed E-state index contributed by atoms with van der Waals surface area (Å²) < 4.78 is 0. The highest BCUT2D eigenvalue weighted by atomic mass is 32.2. The Labute approximate surface area is 95.1 Å². The minimum Gasteiger partial charge on any atom is -0.370 e. The molecule has 1 aliphatic heterocycles. The van der Waals surface area contributed by atoms with Crippen LogP contribution in [0.25, 0.3) is 0 Å². The van der Waals surface area contributed by atoms with Crippen LogP contribution in [0.5, 0.6) is 0 Å². The average Bonchev–Trinajstić information content (AvgIpc) is 2.50. The number of carbonyl (C=O) groups excluding carboxylic acids is 1. The number of hydrogen-bond acceptors (Lipinski definition) is 4. The van der Waals surface area contributed by atoms with Crippen LogP contribution in [0.2, 0.25) is 0 Å². The van der Waals surface area contributed by atoms with E-state index in [0.717, 1.165) is 10.9 Å². The van der Waals surface area contributed by atoms with Crippen LogP contribution in [0, 0.1) is 5.92 Å². The molecule has 0 aromatic carbocycles. The third-order valence-electron chi connectivity index (χ3n) is 2.32. The van der Waals surface area contributed by atoms with Gasteiger partial charge in [-0.2, -0.15) is 0 Å². The van der Waals surface area contributed by atoms with Gasteiger partial charge in [0.05, 0.1) is 6.04 Å². The van der Waals surface area contributed by atoms with E-state index in [0.29, 0.717) is 18.4 Å². The third kappa shape index (κ3) is 4.11. The van der Waals surface area contributed by atoms with Gasteiger partial charge in [-0.25, -0.2) is 0 Å². The largest absolute Gasteiger partial charge is 0.370 e. The summed E-state index contributed by atoms with van der Waals surface area (Å²) in [7, 11) is 0. The molecule has 1 rings (SSSR count). The summed E-state index contributed by atoms with van der Waals surface area (Å²) >= 11 is 1.72. The van der Waals surface area contributed by atoms with Crippen molar-refractivity contribution < 1.29 is 4.79 Å². The van der Waals surface area contributed by atoms with E-state index in [4.69, 9.17) is 5.73 Å². The summed E-state index contributed by atoms with van der Waals surface area (Å²) in [5, 5.41) is 4.15. The number of nitrogens with two attached hydrogens (primary N) is 1. The van der Waals surface area contributed by atoms with Gasteiger partial charge in [-0.05, 0) is 12.8 Å². The molecule has 0 aliphatic carbocycles. The number of amidine groups is 1. The molecule has 2 atom stereocenters. The highest BCUT2D eigenvalue weighted by molar-refractivity contribution is 8.14. The zero-order valence-electron chi connectivity index (χ0n) is 9.49. The standard InChI is InChI=1S/C10H19N3OS/c1-6(2)8-5-15-10(13-8)12-7(3)4-9(11)14/h6-8H,4-5H2,1-3H3,(H2,11,14)(H,12,13)/t7?,8-/m1/s1. The molecule has 0 aromatic rings. The van der Waals surface area contributed by atoms with Gasteiger partial charge in [0.2, 0.25) is 5.91 Å². The van der Waals surface area contributed by atoms with E-state index in [1.807, 2.05) is 6.92 Å². The van der Waals surface area contributed by atoms with Gasteiger partial charge in [-0.15, -0.1) is 0 Å². The lowest BCUT2D eigenvalue weighted by molar-refractivity contribution is -0.118. The molecule has 1 heterocycles. The lowest BCUT2D eigenvalue weighted by Gasteiger charge is -2.12. The number of nitrogens with zero attached hydrogens (tertiary/aromatic N) is 1. The van der Waals surface area contributed by atoms with Crippen molar-refractivity contribution in [3.63, 3.8) is 0 Å². The topological polar surface area (TPSA) is 67.5 Å². The summed E-state index contributed by atoms with van der Waals surface area (Å²) in [4.78, 5) is 15.2. The second-order valence-electron chi connectivity index (χ2n) is 4.27. The molecule has 0 saturated heterocycles. The monoisotopic (exact) mass is 229 g/mol. The van der Waals surface area contributed by atoms with Gasteiger partial charge >= 0.3 is 0 Å². The Kier molecular flexibility index (Phi) is 4.45. The number of nitrogens with one attached hydrogen (secondary N) is 1. The molecule has 0 fully saturated rings. The van der Waals surface area contributed by atoms with Gasteiger partial charge in [0, 0.05) is 18.2 Å². The first-order valence-corrected chi connectivity index (χ1v) is 6.23. The summed E-state index contributed by atoms with van der Waals surface area (Å²) in [5.74, 6) is 1.32. The predicted molar refractivity (Wildman–Crippen MR) is 64.9 cm³/mol. The first-order valence-electron chi connectivity index (χ1n) is 5.24. The molecule has 86 valence electrons. The third-order valence-corrected chi connectivity index (χ3v) is 3.33. The van der Waals surface area contributed by atoms with Crippen LogP contribution in [0.4, 0.5) is 0 Å². The van der Waals surface area contributed by atoms with Gasteiger partial charge in [0.1, 0.15) is 0 Å². The maximum atomic E-state index is 10.7. The van der Waals surface area contributed by atoms with Crippen LogP contribution in [-0.2, 0) is 4.79 Å². The summed E-state index contributed by atoms with van der Waals surface area (Å²) in [6, 6.07) is 0.470. The van der Waals surface area contributed by atoms with Crippen molar-refractivity contribution in [2.24, 2.45) is 16.6 Å². The van der Waals surface area contributed by atoms with E-state index >= 15 is 0 Å². The second-order valence-corrected chi connectivity index (χ2v) is 5.28. The van der Waals surface area contributed by atoms with Crippen LogP contribution in [-0.4, -0.2) is 28.9 Å². The maximum Gasteiger partial charge on any atom is 0.219 e. The zero-order chi connectivity index (χ0) is 11.4. The molecule has 0 radical (unpaired) electrons. The molecule has 1 amide bonds. The van der Waals surface area contributed by atoms with Crippen LogP contribution >= 0.6 is 11.8 Å². The molecule has 15 heavy (non-hydrogen) atoms. The SMILES string of the molecule is CC(CC(N)=O)NC1=N[C@@H](C(C)C)CS1. The molecule has 0 aromatic heterocycles. The van der Waals surface area contributed by atoms with E-state index < -0.39 is 0 Å². The first-order chi connectivity index (χ1) is 6.99. The Morgan fingerprint density at radius 3 is 2.80 bits per heavy atom. The lowest BCUT2D eigenvalue weighted by Crippen LogP contribution is -2.33. The van der Waals surface area contributed by atoms with Crippen LogP contribution in [0.15, 0.2) is 4.99 Å². The van der Waals surface area contributed by atoms with Gasteiger partial charge in [-0.3, -0.25) is 9.79 Å². The molecule has 3 N–H and O–H groups in total. The molecule has 0 spiro atoms. The van der Waals surface area contributed by atoms with E-state index in [1.165, 1.54) is 0 Å². The molecule has 0 bridgehead atoms. The zero-order valence-corrected chi connectivity index (χ0v) is 10.3. The van der Waals surface area contributed by atoms with Gasteiger partial charge < -0.3 is 11.1 Å². The number of primary amides is 1. The van der Waals surface area contributed by atoms with E-state index in [2.05, 4.69) is 24.2 Å². The second kappa shape index (κ2) is 5.39. The highest BCUT2D eigenvalue weighted by Gasteiger charge is 2.22. The smallest absolute Gasteiger partial charge is 0.219 e. The Morgan fingerprint density at radius 1 is 1.67 bits per heavy atom. The fraction of sp³-hybridized carbons (Fsp3) is 0.800. The van der Waals surface area contributed by atoms with Gasteiger partial charge in [0.25, 0.3) is 0 Å². The van der Waals surface area contributed by atoms with Crippen molar-refractivity contribution in [2.45, 2.75) is 39.3 Å². The predicted octanol–water partition coefficient (Wildman–Crippen LogP) is 0.967. The fourth-order valence-corrected chi connectivity index (χ4v) is 2.66. The van der Waals surface area contributed by atoms with Crippen molar-refractivity contribution in [1.29, 1.82) is 0 Å². The average molecular weight is 229 g/mol. The Morgan fingerprint density at radius 2 is 2.33 bits per heavy atom. The lowest BCUT2D eigenvalue weighted by atomic mass is 10.1. The fourth-order valence-electron chi connectivity index (χ4n) is 1.37. The Balaban J connectivity index is 2.39. The molecule has 4 nitrogen and oxygen atoms in total. The molecule has 0 saturated carbocycles. The number of rotatable bonds is 4. The van der Waals surface area contributed by atoms with E-state index in [9.17, 15) is 4.79 Å². The molecule has 1 unspecified atom stereocenters. The van der Waals surface area contributed by atoms with Crippen LogP contribution in [0.3, 0.4) is 0 Å². The number of thioether (sulfide) groups is 1. The molecule has 5 heteroatoms. The molecular weight excluding hydrogens is 210 g/mol. The molecule has 1 aliphatic rings. The maximum absolute atomic E-state index is 10.7. The number of aliphatic imine (C=N–C) groups is 1. The van der Waals surface area contributed by atoms with E-state index in [-0.39, 0.29) is 11.9 Å². The van der Waals surface area contributed by atoms with Crippen molar-refractivity contribution in [2.75, 3.05) is 5.75 Å². The van der Waals surface area contributed by atoms with Crippen LogP contribution < -0.4 is 11.1 Å². The summed E-state index contributed by atoms with van der Waals surface area (Å²) in [6.45, 7) is 6.28. The van der Waals surface area contributed by atoms with Crippen molar-refractivity contribution in [3.8, 4) is 0 Å². The van der Waals surface area contributed by atoms with E-state index in [1.54, 1.807) is 11.8 Å². The van der Waals surface area contributed by atoms with Crippen molar-refractivity contribution in [3.05, 3.63) is 0 Å². The number of carbonyl (C=O) groups is 1. The normalized spacial score (nSPS) is 22.7. The van der Waals surface area contributed by atoms with Gasteiger partial charge in [0.15, 0.2) is 5.17 Å². The quantitative estimate of drug-likeness (QED) is 0.754. The first kappa shape index (κ1) is 12.4. The van der Waals surface area contributed by atoms with Crippen molar-refractivity contribution >= 4 is 22.8 Å². The number of hydrogen-bond donors (Lipinski definition) is 2.